The Bertz CT molecular complexity index is 558. The van der Waals surface area contributed by atoms with Crippen LogP contribution in [-0.2, 0) is 20.9 Å². The van der Waals surface area contributed by atoms with Crippen molar-refractivity contribution in [3.05, 3.63) is 35.6 Å². The highest BCUT2D eigenvalue weighted by molar-refractivity contribution is 6.05. The third kappa shape index (κ3) is 3.45. The van der Waals surface area contributed by atoms with Crippen LogP contribution >= 0.6 is 0 Å². The number of imide groups is 1. The molecule has 0 radical (unpaired) electrons. The molecule has 1 atom stereocenters. The summed E-state index contributed by atoms with van der Waals surface area (Å²) in [5.41, 5.74) is 0.622. The summed E-state index contributed by atoms with van der Waals surface area (Å²) in [6.07, 6.45) is 0.672. The van der Waals surface area contributed by atoms with Crippen molar-refractivity contribution in [2.75, 3.05) is 0 Å². The summed E-state index contributed by atoms with van der Waals surface area (Å²) in [4.78, 5) is 36.6. The quantitative estimate of drug-likeness (QED) is 0.834. The van der Waals surface area contributed by atoms with E-state index in [2.05, 4.69) is 5.32 Å². The molecule has 1 aromatic rings. The first-order valence-electron chi connectivity index (χ1n) is 6.90. The smallest absolute Gasteiger partial charge is 0.243 e. The minimum absolute atomic E-state index is 0.156. The number of amides is 3. The summed E-state index contributed by atoms with van der Waals surface area (Å²) in [6.45, 7) is 1.90. The second kappa shape index (κ2) is 6.47. The number of hydrogen-bond acceptors (Lipinski definition) is 3. The predicted molar refractivity (Wildman–Crippen MR) is 73.4 cm³/mol. The third-order valence-electron chi connectivity index (χ3n) is 3.45. The first-order chi connectivity index (χ1) is 10.0. The highest BCUT2D eigenvalue weighted by atomic mass is 19.1. The molecule has 1 N–H and O–H groups in total. The Balaban J connectivity index is 2.00. The van der Waals surface area contributed by atoms with Gasteiger partial charge in [-0.1, -0.05) is 19.1 Å². The first-order valence-corrected chi connectivity index (χ1v) is 6.90. The van der Waals surface area contributed by atoms with Crippen molar-refractivity contribution in [3.63, 3.8) is 0 Å². The van der Waals surface area contributed by atoms with E-state index in [4.69, 9.17) is 0 Å². The van der Waals surface area contributed by atoms with Crippen molar-refractivity contribution in [1.29, 1.82) is 0 Å². The molecule has 1 aliphatic heterocycles. The van der Waals surface area contributed by atoms with Crippen LogP contribution in [0.15, 0.2) is 24.3 Å². The van der Waals surface area contributed by atoms with Gasteiger partial charge in [-0.25, -0.2) is 4.39 Å². The van der Waals surface area contributed by atoms with Crippen LogP contribution in [0, 0.1) is 5.82 Å². The molecule has 3 amide bonds. The fraction of sp³-hybridized carbons (Fsp3) is 0.400. The van der Waals surface area contributed by atoms with Crippen molar-refractivity contribution in [2.24, 2.45) is 0 Å². The Kier molecular flexibility index (Phi) is 4.67. The molecule has 21 heavy (non-hydrogen) atoms. The SMILES string of the molecule is CCC(C(=O)NCc1cccc(F)c1)N1C(=O)CCC1=O. The van der Waals surface area contributed by atoms with Gasteiger partial charge in [0.25, 0.3) is 0 Å². The summed E-state index contributed by atoms with van der Waals surface area (Å²) in [5, 5.41) is 2.64. The molecular formula is C15H17FN2O3. The molecule has 1 aromatic carbocycles. The van der Waals surface area contributed by atoms with Gasteiger partial charge in [-0.2, -0.15) is 0 Å². The van der Waals surface area contributed by atoms with Crippen LogP contribution in [0.2, 0.25) is 0 Å². The Morgan fingerprint density at radius 3 is 2.57 bits per heavy atom. The topological polar surface area (TPSA) is 66.5 Å². The monoisotopic (exact) mass is 292 g/mol. The maximum atomic E-state index is 13.1. The van der Waals surface area contributed by atoms with E-state index in [-0.39, 0.29) is 37.0 Å². The van der Waals surface area contributed by atoms with Gasteiger partial charge < -0.3 is 5.32 Å². The molecule has 1 fully saturated rings. The van der Waals surface area contributed by atoms with Crippen LogP contribution in [0.5, 0.6) is 0 Å². The minimum atomic E-state index is -0.791. The lowest BCUT2D eigenvalue weighted by atomic mass is 10.1. The Hall–Kier alpha value is -2.24. The lowest BCUT2D eigenvalue weighted by Crippen LogP contribution is -2.48. The predicted octanol–water partition coefficient (Wildman–Crippen LogP) is 1.37. The Morgan fingerprint density at radius 2 is 2.00 bits per heavy atom. The molecule has 1 heterocycles. The summed E-state index contributed by atoms with van der Waals surface area (Å²) < 4.78 is 13.1. The molecule has 112 valence electrons. The molecule has 0 aliphatic carbocycles. The van der Waals surface area contributed by atoms with Crippen molar-refractivity contribution in [1.82, 2.24) is 10.2 Å². The average Bonchev–Trinajstić information content (AvgIpc) is 2.78. The van der Waals surface area contributed by atoms with Gasteiger partial charge in [0.1, 0.15) is 11.9 Å². The molecule has 2 rings (SSSR count). The standard InChI is InChI=1S/C15H17FN2O3/c1-2-12(18-13(19)6-7-14(18)20)15(21)17-9-10-4-3-5-11(16)8-10/h3-5,8,12H,2,6-7,9H2,1H3,(H,17,21). The highest BCUT2D eigenvalue weighted by Gasteiger charge is 2.37. The van der Waals surface area contributed by atoms with Crippen LogP contribution < -0.4 is 5.32 Å². The van der Waals surface area contributed by atoms with Crippen LogP contribution in [0.25, 0.3) is 0 Å². The molecular weight excluding hydrogens is 275 g/mol. The van der Waals surface area contributed by atoms with Gasteiger partial charge in [-0.05, 0) is 24.1 Å². The normalized spacial score (nSPS) is 16.2. The van der Waals surface area contributed by atoms with Gasteiger partial charge >= 0.3 is 0 Å². The lowest BCUT2D eigenvalue weighted by molar-refractivity contribution is -0.146. The number of carbonyl (C=O) groups excluding carboxylic acids is 3. The van der Waals surface area contributed by atoms with E-state index in [1.54, 1.807) is 19.1 Å². The molecule has 0 aromatic heterocycles. The summed E-state index contributed by atoms with van der Waals surface area (Å²) in [7, 11) is 0. The van der Waals surface area contributed by atoms with E-state index < -0.39 is 11.9 Å². The summed E-state index contributed by atoms with van der Waals surface area (Å²) >= 11 is 0. The fourth-order valence-corrected chi connectivity index (χ4v) is 2.38. The number of benzene rings is 1. The largest absolute Gasteiger partial charge is 0.350 e. The molecule has 1 unspecified atom stereocenters. The van der Waals surface area contributed by atoms with E-state index in [0.29, 0.717) is 12.0 Å². The number of carbonyl (C=O) groups is 3. The molecule has 6 heteroatoms. The second-order valence-corrected chi connectivity index (χ2v) is 4.93. The molecule has 0 spiro atoms. The number of rotatable bonds is 5. The maximum absolute atomic E-state index is 13.1. The minimum Gasteiger partial charge on any atom is -0.350 e. The Labute approximate surface area is 122 Å². The number of nitrogens with one attached hydrogen (secondary N) is 1. The zero-order valence-corrected chi connectivity index (χ0v) is 11.8. The summed E-state index contributed by atoms with van der Waals surface area (Å²) in [6, 6.07) is 5.11. The van der Waals surface area contributed by atoms with Gasteiger partial charge in [-0.3, -0.25) is 19.3 Å². The first kappa shape index (κ1) is 15.2. The van der Waals surface area contributed by atoms with E-state index >= 15 is 0 Å². The lowest BCUT2D eigenvalue weighted by Gasteiger charge is -2.24. The van der Waals surface area contributed by atoms with Gasteiger partial charge in [0.2, 0.25) is 17.7 Å². The maximum Gasteiger partial charge on any atom is 0.243 e. The van der Waals surface area contributed by atoms with E-state index in [9.17, 15) is 18.8 Å². The highest BCUT2D eigenvalue weighted by Crippen LogP contribution is 2.17. The van der Waals surface area contributed by atoms with Crippen molar-refractivity contribution >= 4 is 17.7 Å². The van der Waals surface area contributed by atoms with Gasteiger partial charge in [0, 0.05) is 19.4 Å². The molecule has 1 saturated heterocycles. The summed E-state index contributed by atoms with van der Waals surface area (Å²) in [5.74, 6) is -1.40. The second-order valence-electron chi connectivity index (χ2n) is 4.93. The fourth-order valence-electron chi connectivity index (χ4n) is 2.38. The van der Waals surface area contributed by atoms with Crippen LogP contribution in [0.1, 0.15) is 31.7 Å². The molecule has 1 aliphatic rings. The zero-order valence-electron chi connectivity index (χ0n) is 11.8. The third-order valence-corrected chi connectivity index (χ3v) is 3.45. The number of nitrogens with zero attached hydrogens (tertiary/aromatic N) is 1. The molecule has 0 bridgehead atoms. The number of likely N-dealkylation sites (tertiary alicyclic amines) is 1. The number of halogens is 1. The average molecular weight is 292 g/mol. The molecule has 0 saturated carbocycles. The van der Waals surface area contributed by atoms with E-state index in [1.165, 1.54) is 12.1 Å². The molecule has 5 nitrogen and oxygen atoms in total. The van der Waals surface area contributed by atoms with Crippen molar-refractivity contribution in [3.8, 4) is 0 Å². The van der Waals surface area contributed by atoms with E-state index in [1.807, 2.05) is 0 Å². The van der Waals surface area contributed by atoms with Crippen LogP contribution in [0.4, 0.5) is 4.39 Å². The van der Waals surface area contributed by atoms with Gasteiger partial charge in [-0.15, -0.1) is 0 Å². The van der Waals surface area contributed by atoms with Crippen molar-refractivity contribution < 1.29 is 18.8 Å². The van der Waals surface area contributed by atoms with Crippen molar-refractivity contribution in [2.45, 2.75) is 38.8 Å². The van der Waals surface area contributed by atoms with Crippen LogP contribution in [0.3, 0.4) is 0 Å². The number of hydrogen-bond donors (Lipinski definition) is 1. The zero-order chi connectivity index (χ0) is 15.4. The Morgan fingerprint density at radius 1 is 1.33 bits per heavy atom. The van der Waals surface area contributed by atoms with Crippen LogP contribution in [-0.4, -0.2) is 28.7 Å². The van der Waals surface area contributed by atoms with E-state index in [0.717, 1.165) is 4.90 Å². The van der Waals surface area contributed by atoms with Gasteiger partial charge in [0.05, 0.1) is 0 Å². The van der Waals surface area contributed by atoms with Gasteiger partial charge in [0.15, 0.2) is 0 Å².